The number of rotatable bonds is 2. The van der Waals surface area contributed by atoms with Crippen molar-refractivity contribution in [2.24, 2.45) is 7.05 Å². The van der Waals surface area contributed by atoms with Gasteiger partial charge in [0, 0.05) is 23.3 Å². The number of aromatic nitrogens is 2. The van der Waals surface area contributed by atoms with Gasteiger partial charge in [-0.3, -0.25) is 0 Å². The number of carbonyl (C=O) groups is 1. The van der Waals surface area contributed by atoms with E-state index in [0.29, 0.717) is 5.69 Å². The smallest absolute Gasteiger partial charge is 0.357 e. The third-order valence-electron chi connectivity index (χ3n) is 3.61. The van der Waals surface area contributed by atoms with E-state index >= 15 is 0 Å². The van der Waals surface area contributed by atoms with E-state index in [1.165, 1.54) is 0 Å². The topological polar surface area (TPSA) is 44.1 Å². The third-order valence-corrected chi connectivity index (χ3v) is 3.61. The molecule has 21 heavy (non-hydrogen) atoms. The fourth-order valence-corrected chi connectivity index (χ4v) is 2.79. The van der Waals surface area contributed by atoms with Crippen LogP contribution in [0.5, 0.6) is 0 Å². The molecule has 108 valence electrons. The average Bonchev–Trinajstić information content (AvgIpc) is 2.72. The highest BCUT2D eigenvalue weighted by molar-refractivity contribution is 6.10. The Balaban J connectivity index is 2.28. The minimum Gasteiger partial charge on any atom is -0.458 e. The van der Waals surface area contributed by atoms with Crippen LogP contribution < -0.4 is 0 Å². The van der Waals surface area contributed by atoms with Crippen LogP contribution in [-0.4, -0.2) is 21.6 Å². The van der Waals surface area contributed by atoms with Crippen molar-refractivity contribution in [3.63, 3.8) is 0 Å². The van der Waals surface area contributed by atoms with Crippen LogP contribution in [-0.2, 0) is 11.8 Å². The van der Waals surface area contributed by atoms with Gasteiger partial charge in [-0.15, -0.1) is 0 Å². The van der Waals surface area contributed by atoms with E-state index in [9.17, 15) is 4.79 Å². The number of benzene rings is 1. The molecule has 0 unspecified atom stereocenters. The largest absolute Gasteiger partial charge is 0.458 e. The first-order valence-corrected chi connectivity index (χ1v) is 7.04. The number of fused-ring (bicyclic) bond motifs is 3. The first-order valence-electron chi connectivity index (χ1n) is 7.04. The fraction of sp³-hybridized carbons (Fsp3) is 0.294. The third kappa shape index (κ3) is 2.17. The minimum absolute atomic E-state index is 0.150. The summed E-state index contributed by atoms with van der Waals surface area (Å²) in [6.45, 7) is 5.59. The molecule has 3 rings (SSSR count). The second-order valence-corrected chi connectivity index (χ2v) is 5.52. The van der Waals surface area contributed by atoms with Gasteiger partial charge < -0.3 is 9.30 Å². The summed E-state index contributed by atoms with van der Waals surface area (Å²) in [5, 5.41) is 2.16. The highest BCUT2D eigenvalue weighted by Crippen LogP contribution is 2.30. The van der Waals surface area contributed by atoms with Crippen molar-refractivity contribution in [3.05, 3.63) is 41.7 Å². The zero-order valence-corrected chi connectivity index (χ0v) is 12.7. The summed E-state index contributed by atoms with van der Waals surface area (Å²) in [5.41, 5.74) is 3.39. The maximum Gasteiger partial charge on any atom is 0.357 e. The van der Waals surface area contributed by atoms with Crippen LogP contribution in [0.3, 0.4) is 0 Å². The fourth-order valence-electron chi connectivity index (χ4n) is 2.79. The highest BCUT2D eigenvalue weighted by atomic mass is 16.5. The van der Waals surface area contributed by atoms with E-state index in [4.69, 9.17) is 4.74 Å². The molecule has 0 saturated heterocycles. The van der Waals surface area contributed by atoms with E-state index in [-0.39, 0.29) is 12.1 Å². The van der Waals surface area contributed by atoms with Crippen LogP contribution in [0, 0.1) is 6.92 Å². The molecule has 0 aliphatic carbocycles. The van der Waals surface area contributed by atoms with Gasteiger partial charge in [-0.1, -0.05) is 18.2 Å². The Morgan fingerprint density at radius 3 is 2.67 bits per heavy atom. The van der Waals surface area contributed by atoms with Gasteiger partial charge in [-0.2, -0.15) is 0 Å². The van der Waals surface area contributed by atoms with Crippen molar-refractivity contribution in [2.45, 2.75) is 26.9 Å². The predicted octanol–water partition coefficient (Wildman–Crippen LogP) is 3.60. The number of nitrogens with zero attached hydrogens (tertiary/aromatic N) is 2. The SMILES string of the molecule is Cc1nc(C(=O)OC(C)C)cc2c3ccccc3n(C)c12. The molecule has 0 radical (unpaired) electrons. The van der Waals surface area contributed by atoms with Gasteiger partial charge in [-0.25, -0.2) is 9.78 Å². The molecule has 3 aromatic rings. The number of ether oxygens (including phenoxy) is 1. The summed E-state index contributed by atoms with van der Waals surface area (Å²) in [7, 11) is 2.02. The summed E-state index contributed by atoms with van der Waals surface area (Å²) in [6.07, 6.45) is -0.150. The zero-order chi connectivity index (χ0) is 15.1. The quantitative estimate of drug-likeness (QED) is 0.674. The van der Waals surface area contributed by atoms with E-state index < -0.39 is 0 Å². The van der Waals surface area contributed by atoms with E-state index in [0.717, 1.165) is 27.5 Å². The lowest BCUT2D eigenvalue weighted by atomic mass is 10.1. The number of hydrogen-bond acceptors (Lipinski definition) is 3. The molecule has 0 fully saturated rings. The van der Waals surface area contributed by atoms with E-state index in [1.807, 2.05) is 46.0 Å². The molecule has 0 amide bonds. The maximum absolute atomic E-state index is 12.1. The van der Waals surface area contributed by atoms with Crippen molar-refractivity contribution in [2.75, 3.05) is 0 Å². The standard InChI is InChI=1S/C17H18N2O2/c1-10(2)21-17(20)14-9-13-12-7-5-6-8-15(12)19(4)16(13)11(3)18-14/h5-10H,1-4H3. The molecule has 4 heteroatoms. The van der Waals surface area contributed by atoms with Crippen LogP contribution in [0.1, 0.15) is 30.0 Å². The van der Waals surface area contributed by atoms with E-state index in [1.54, 1.807) is 0 Å². The molecule has 0 saturated carbocycles. The van der Waals surface area contributed by atoms with Crippen LogP contribution in [0.25, 0.3) is 21.8 Å². The summed E-state index contributed by atoms with van der Waals surface area (Å²) in [6, 6.07) is 9.98. The van der Waals surface area contributed by atoms with Gasteiger partial charge in [0.2, 0.25) is 0 Å². The molecule has 0 spiro atoms. The van der Waals surface area contributed by atoms with E-state index in [2.05, 4.69) is 21.7 Å². The Hall–Kier alpha value is -2.36. The molecule has 0 N–H and O–H groups in total. The lowest BCUT2D eigenvalue weighted by Gasteiger charge is -2.08. The van der Waals surface area contributed by atoms with Gasteiger partial charge >= 0.3 is 5.97 Å². The summed E-state index contributed by atoms with van der Waals surface area (Å²) >= 11 is 0. The summed E-state index contributed by atoms with van der Waals surface area (Å²) in [4.78, 5) is 16.5. The van der Waals surface area contributed by atoms with Crippen LogP contribution in [0.2, 0.25) is 0 Å². The number of hydrogen-bond donors (Lipinski definition) is 0. The monoisotopic (exact) mass is 282 g/mol. The molecule has 1 aromatic carbocycles. The molecule has 0 aliphatic heterocycles. The highest BCUT2D eigenvalue weighted by Gasteiger charge is 2.17. The first-order chi connectivity index (χ1) is 9.99. The first kappa shape index (κ1) is 13.6. The Morgan fingerprint density at radius 1 is 1.24 bits per heavy atom. The van der Waals surface area contributed by atoms with Gasteiger partial charge in [0.15, 0.2) is 0 Å². The van der Waals surface area contributed by atoms with Gasteiger partial charge in [0.1, 0.15) is 5.69 Å². The maximum atomic E-state index is 12.1. The van der Waals surface area contributed by atoms with Crippen molar-refractivity contribution in [1.82, 2.24) is 9.55 Å². The van der Waals surface area contributed by atoms with Gasteiger partial charge in [-0.05, 0) is 32.9 Å². The Bertz CT molecular complexity index is 847. The number of aryl methyl sites for hydroxylation is 2. The Labute approximate surface area is 123 Å². The Kier molecular flexibility index (Phi) is 3.16. The average molecular weight is 282 g/mol. The normalized spacial score (nSPS) is 11.5. The molecular formula is C17H18N2O2. The summed E-state index contributed by atoms with van der Waals surface area (Å²) < 4.78 is 7.37. The van der Waals surface area contributed by atoms with Crippen LogP contribution in [0.15, 0.2) is 30.3 Å². The van der Waals surface area contributed by atoms with Crippen LogP contribution >= 0.6 is 0 Å². The number of carbonyl (C=O) groups excluding carboxylic acids is 1. The van der Waals surface area contributed by atoms with Crippen molar-refractivity contribution in [3.8, 4) is 0 Å². The molecule has 4 nitrogen and oxygen atoms in total. The molecule has 2 heterocycles. The minimum atomic E-state index is -0.372. The second kappa shape index (κ2) is 4.88. The second-order valence-electron chi connectivity index (χ2n) is 5.52. The summed E-state index contributed by atoms with van der Waals surface area (Å²) in [5.74, 6) is -0.372. The van der Waals surface area contributed by atoms with Crippen molar-refractivity contribution in [1.29, 1.82) is 0 Å². The van der Waals surface area contributed by atoms with Gasteiger partial charge in [0.05, 0.1) is 17.3 Å². The Morgan fingerprint density at radius 2 is 1.95 bits per heavy atom. The molecule has 0 aliphatic rings. The molecule has 0 bridgehead atoms. The zero-order valence-electron chi connectivity index (χ0n) is 12.7. The number of esters is 1. The van der Waals surface area contributed by atoms with Crippen LogP contribution in [0.4, 0.5) is 0 Å². The lowest BCUT2D eigenvalue weighted by molar-refractivity contribution is 0.0371. The lowest BCUT2D eigenvalue weighted by Crippen LogP contribution is -2.13. The predicted molar refractivity (Wildman–Crippen MR) is 83.5 cm³/mol. The number of pyridine rings is 1. The van der Waals surface area contributed by atoms with Crippen molar-refractivity contribution >= 4 is 27.8 Å². The molecular weight excluding hydrogens is 264 g/mol. The molecule has 0 atom stereocenters. The van der Waals surface area contributed by atoms with Gasteiger partial charge in [0.25, 0.3) is 0 Å². The molecule has 2 aromatic heterocycles. The number of para-hydroxylation sites is 1. The van der Waals surface area contributed by atoms with Crippen molar-refractivity contribution < 1.29 is 9.53 Å².